The molecule has 118 valence electrons. The van der Waals surface area contributed by atoms with Crippen LogP contribution in [0, 0.1) is 6.92 Å². The number of carboxylic acids is 1. The van der Waals surface area contributed by atoms with Crippen LogP contribution >= 0.6 is 15.9 Å². The van der Waals surface area contributed by atoms with Crippen molar-refractivity contribution in [2.45, 2.75) is 11.8 Å². The van der Waals surface area contributed by atoms with Crippen LogP contribution in [0.15, 0.2) is 58.0 Å². The average Bonchev–Trinajstić information content (AvgIpc) is 2.87. The van der Waals surface area contributed by atoms with Crippen molar-refractivity contribution in [3.8, 4) is 0 Å². The average molecular weight is 394 g/mol. The van der Waals surface area contributed by atoms with Crippen LogP contribution in [0.5, 0.6) is 0 Å². The lowest BCUT2D eigenvalue weighted by molar-refractivity contribution is 0.0699. The molecule has 5 nitrogen and oxygen atoms in total. The number of benzene rings is 2. The number of hydrogen-bond donors (Lipinski definition) is 1. The lowest BCUT2D eigenvalue weighted by Crippen LogP contribution is -2.12. The van der Waals surface area contributed by atoms with Gasteiger partial charge in [-0.1, -0.05) is 27.6 Å². The minimum atomic E-state index is -3.88. The number of nitrogens with zero attached hydrogens (tertiary/aromatic N) is 1. The molecule has 0 aliphatic carbocycles. The second-order valence-corrected chi connectivity index (χ2v) is 7.85. The predicted molar refractivity (Wildman–Crippen MR) is 90.4 cm³/mol. The molecule has 7 heteroatoms. The first-order valence-corrected chi connectivity index (χ1v) is 8.90. The Bertz CT molecular complexity index is 1020. The number of hydrogen-bond acceptors (Lipinski definition) is 3. The first kappa shape index (κ1) is 15.8. The molecule has 0 radical (unpaired) electrons. The monoisotopic (exact) mass is 393 g/mol. The zero-order valence-corrected chi connectivity index (χ0v) is 14.4. The third-order valence-electron chi connectivity index (χ3n) is 3.53. The van der Waals surface area contributed by atoms with E-state index in [4.69, 9.17) is 0 Å². The highest BCUT2D eigenvalue weighted by Crippen LogP contribution is 2.27. The van der Waals surface area contributed by atoms with Gasteiger partial charge < -0.3 is 5.11 Å². The van der Waals surface area contributed by atoms with Crippen molar-refractivity contribution in [3.63, 3.8) is 0 Å². The molecule has 1 aromatic heterocycles. The molecule has 0 unspecified atom stereocenters. The number of rotatable bonds is 3. The molecule has 0 amide bonds. The number of carbonyl (C=O) groups is 1. The van der Waals surface area contributed by atoms with Crippen LogP contribution in [0.4, 0.5) is 0 Å². The molecule has 0 atom stereocenters. The Hall–Kier alpha value is -2.12. The Morgan fingerprint density at radius 2 is 1.78 bits per heavy atom. The molecule has 0 saturated heterocycles. The first-order valence-electron chi connectivity index (χ1n) is 6.67. The summed E-state index contributed by atoms with van der Waals surface area (Å²) < 4.78 is 27.5. The highest BCUT2D eigenvalue weighted by Gasteiger charge is 2.23. The van der Waals surface area contributed by atoms with E-state index in [0.29, 0.717) is 10.9 Å². The van der Waals surface area contributed by atoms with Gasteiger partial charge in [0.25, 0.3) is 10.0 Å². The van der Waals surface area contributed by atoms with Crippen molar-refractivity contribution in [1.29, 1.82) is 0 Å². The summed E-state index contributed by atoms with van der Waals surface area (Å²) in [6, 6.07) is 11.2. The van der Waals surface area contributed by atoms with Gasteiger partial charge >= 0.3 is 5.97 Å². The number of aryl methyl sites for hydroxylation is 1. The molecule has 1 N–H and O–H groups in total. The van der Waals surface area contributed by atoms with Gasteiger partial charge in [-0.05, 0) is 43.3 Å². The number of carboxylic acid groups (broad SMARTS) is 1. The van der Waals surface area contributed by atoms with Crippen molar-refractivity contribution in [2.24, 2.45) is 0 Å². The van der Waals surface area contributed by atoms with E-state index in [0.717, 1.165) is 20.2 Å². The summed E-state index contributed by atoms with van der Waals surface area (Å²) in [4.78, 5) is 11.5. The summed E-state index contributed by atoms with van der Waals surface area (Å²) in [5, 5.41) is 9.75. The maximum atomic E-state index is 12.8. The highest BCUT2D eigenvalue weighted by molar-refractivity contribution is 9.10. The van der Waals surface area contributed by atoms with Gasteiger partial charge in [-0.25, -0.2) is 17.2 Å². The van der Waals surface area contributed by atoms with Crippen LogP contribution in [-0.2, 0) is 10.0 Å². The Morgan fingerprint density at radius 3 is 2.39 bits per heavy atom. The second-order valence-electron chi connectivity index (χ2n) is 5.12. The summed E-state index contributed by atoms with van der Waals surface area (Å²) >= 11 is 3.26. The molecule has 0 saturated carbocycles. The van der Waals surface area contributed by atoms with Gasteiger partial charge in [0.1, 0.15) is 0 Å². The lowest BCUT2D eigenvalue weighted by Gasteiger charge is -2.07. The van der Waals surface area contributed by atoms with Crippen LogP contribution in [0.1, 0.15) is 15.9 Å². The van der Waals surface area contributed by atoms with Crippen LogP contribution in [-0.4, -0.2) is 23.5 Å². The van der Waals surface area contributed by atoms with Crippen molar-refractivity contribution < 1.29 is 18.3 Å². The molecule has 1 heterocycles. The summed E-state index contributed by atoms with van der Waals surface area (Å²) in [6.07, 6.45) is 1.16. The van der Waals surface area contributed by atoms with Gasteiger partial charge in [-0.2, -0.15) is 0 Å². The van der Waals surface area contributed by atoms with Crippen molar-refractivity contribution in [3.05, 3.63) is 64.3 Å². The third-order valence-corrected chi connectivity index (χ3v) is 5.74. The fourth-order valence-corrected chi connectivity index (χ4v) is 4.04. The van der Waals surface area contributed by atoms with Crippen molar-refractivity contribution in [1.82, 2.24) is 3.97 Å². The van der Waals surface area contributed by atoms with Gasteiger partial charge in [-0.15, -0.1) is 0 Å². The van der Waals surface area contributed by atoms with Gasteiger partial charge in [0, 0.05) is 16.1 Å². The smallest absolute Gasteiger partial charge is 0.337 e. The largest absolute Gasteiger partial charge is 0.478 e. The van der Waals surface area contributed by atoms with Crippen LogP contribution in [0.25, 0.3) is 10.9 Å². The zero-order valence-electron chi connectivity index (χ0n) is 12.0. The SMILES string of the molecule is Cc1ccc2c(c1)c(C(=O)O)cn2S(=O)(=O)c1ccc(Br)cc1. The number of fused-ring (bicyclic) bond motifs is 1. The Balaban J connectivity index is 2.31. The molecular formula is C16H12BrNO4S. The number of aromatic carboxylic acids is 1. The maximum Gasteiger partial charge on any atom is 0.337 e. The van der Waals surface area contributed by atoms with Crippen LogP contribution < -0.4 is 0 Å². The van der Waals surface area contributed by atoms with E-state index in [-0.39, 0.29) is 10.5 Å². The number of halogens is 1. The Morgan fingerprint density at radius 1 is 1.13 bits per heavy atom. The standard InChI is InChI=1S/C16H12BrNO4S/c1-10-2-7-15-13(8-10)14(16(19)20)9-18(15)23(21,22)12-5-3-11(17)4-6-12/h2-9H,1H3,(H,19,20). The van der Waals surface area contributed by atoms with E-state index in [9.17, 15) is 18.3 Å². The second kappa shape index (κ2) is 5.50. The summed E-state index contributed by atoms with van der Waals surface area (Å²) in [7, 11) is -3.88. The zero-order chi connectivity index (χ0) is 16.8. The topological polar surface area (TPSA) is 76.4 Å². The van der Waals surface area contributed by atoms with Gasteiger partial charge in [0.2, 0.25) is 0 Å². The van der Waals surface area contributed by atoms with E-state index in [2.05, 4.69) is 15.9 Å². The van der Waals surface area contributed by atoms with E-state index >= 15 is 0 Å². The minimum Gasteiger partial charge on any atom is -0.478 e. The highest BCUT2D eigenvalue weighted by atomic mass is 79.9. The van der Waals surface area contributed by atoms with Crippen molar-refractivity contribution in [2.75, 3.05) is 0 Å². The van der Waals surface area contributed by atoms with E-state index in [1.165, 1.54) is 12.1 Å². The molecule has 0 bridgehead atoms. The first-order chi connectivity index (χ1) is 10.8. The maximum absolute atomic E-state index is 12.8. The molecule has 0 spiro atoms. The molecule has 0 fully saturated rings. The number of aromatic nitrogens is 1. The van der Waals surface area contributed by atoms with E-state index < -0.39 is 16.0 Å². The summed E-state index contributed by atoms with van der Waals surface area (Å²) in [5.41, 5.74) is 1.17. The molecule has 2 aromatic carbocycles. The van der Waals surface area contributed by atoms with Crippen molar-refractivity contribution >= 4 is 42.8 Å². The fraction of sp³-hybridized carbons (Fsp3) is 0.0625. The predicted octanol–water partition coefficient (Wildman–Crippen LogP) is 3.65. The lowest BCUT2D eigenvalue weighted by atomic mass is 10.1. The summed E-state index contributed by atoms with van der Waals surface area (Å²) in [6.45, 7) is 1.83. The van der Waals surface area contributed by atoms with E-state index in [1.54, 1.807) is 30.3 Å². The fourth-order valence-electron chi connectivity index (χ4n) is 2.40. The molecule has 0 aliphatic heterocycles. The molecular weight excluding hydrogens is 382 g/mol. The Kier molecular flexibility index (Phi) is 3.77. The quantitative estimate of drug-likeness (QED) is 0.736. The molecule has 23 heavy (non-hydrogen) atoms. The third kappa shape index (κ3) is 2.66. The summed E-state index contributed by atoms with van der Waals surface area (Å²) in [5.74, 6) is -1.16. The molecule has 3 aromatic rings. The van der Waals surface area contributed by atoms with Gasteiger partial charge in [0.05, 0.1) is 16.0 Å². The molecule has 3 rings (SSSR count). The minimum absolute atomic E-state index is 0.0376. The van der Waals surface area contributed by atoms with E-state index in [1.807, 2.05) is 6.92 Å². The van der Waals surface area contributed by atoms with Crippen LogP contribution in [0.2, 0.25) is 0 Å². The van der Waals surface area contributed by atoms with Gasteiger partial charge in [-0.3, -0.25) is 0 Å². The Labute approximate surface area is 141 Å². The molecule has 0 aliphatic rings. The van der Waals surface area contributed by atoms with Gasteiger partial charge in [0.15, 0.2) is 0 Å². The van der Waals surface area contributed by atoms with Crippen LogP contribution in [0.3, 0.4) is 0 Å². The normalized spacial score (nSPS) is 11.7.